The molecule has 2 amide bonds. The van der Waals surface area contributed by atoms with Crippen molar-refractivity contribution in [3.8, 4) is 17.2 Å². The van der Waals surface area contributed by atoms with Crippen molar-refractivity contribution in [2.75, 3.05) is 7.11 Å². The Kier molecular flexibility index (Phi) is 7.66. The van der Waals surface area contributed by atoms with E-state index in [1.54, 1.807) is 63.9 Å². The van der Waals surface area contributed by atoms with Crippen molar-refractivity contribution < 1.29 is 23.5 Å². The first-order chi connectivity index (χ1) is 18.0. The molecular formula is C29H31FN4O4. The molecule has 1 aromatic heterocycles. The number of hydrogen-bond donors (Lipinski definition) is 2. The fourth-order valence-corrected chi connectivity index (χ4v) is 4.04. The van der Waals surface area contributed by atoms with Crippen LogP contribution in [-0.4, -0.2) is 40.3 Å². The van der Waals surface area contributed by atoms with E-state index >= 15 is 0 Å². The normalized spacial score (nSPS) is 13.0. The number of amides is 2. The predicted molar refractivity (Wildman–Crippen MR) is 143 cm³/mol. The van der Waals surface area contributed by atoms with E-state index in [0.717, 1.165) is 22.2 Å². The summed E-state index contributed by atoms with van der Waals surface area (Å²) in [5, 5.41) is 10.7. The zero-order valence-electron chi connectivity index (χ0n) is 22.0. The summed E-state index contributed by atoms with van der Waals surface area (Å²) in [7, 11) is 1.57. The topological polar surface area (TPSA) is 94.5 Å². The SMILES string of the molecule is COc1cccc([C@@H](Oc2ccc3c(cnn3-c3ccc(F)cc3)c2)[C@H](C)NC(=O)C(=O)NC(C)(C)C)c1. The summed E-state index contributed by atoms with van der Waals surface area (Å²) in [5.74, 6) is -0.606. The van der Waals surface area contributed by atoms with Gasteiger partial charge in [0.1, 0.15) is 23.4 Å². The highest BCUT2D eigenvalue weighted by atomic mass is 19.1. The summed E-state index contributed by atoms with van der Waals surface area (Å²) in [5.41, 5.74) is 1.76. The quantitative estimate of drug-likeness (QED) is 0.346. The Hall–Kier alpha value is -4.40. The molecular weight excluding hydrogens is 487 g/mol. The molecule has 0 fully saturated rings. The molecule has 0 aliphatic heterocycles. The van der Waals surface area contributed by atoms with Gasteiger partial charge in [-0.2, -0.15) is 5.10 Å². The maximum atomic E-state index is 13.4. The van der Waals surface area contributed by atoms with Crippen LogP contribution < -0.4 is 20.1 Å². The molecule has 38 heavy (non-hydrogen) atoms. The molecule has 3 aromatic carbocycles. The Morgan fingerprint density at radius 2 is 1.71 bits per heavy atom. The van der Waals surface area contributed by atoms with Gasteiger partial charge in [-0.3, -0.25) is 9.59 Å². The minimum Gasteiger partial charge on any atom is -0.497 e. The molecule has 2 atom stereocenters. The lowest BCUT2D eigenvalue weighted by Gasteiger charge is -2.27. The molecule has 0 aliphatic carbocycles. The Morgan fingerprint density at radius 3 is 2.39 bits per heavy atom. The molecule has 0 bridgehead atoms. The van der Waals surface area contributed by atoms with E-state index in [4.69, 9.17) is 9.47 Å². The number of methoxy groups -OCH3 is 1. The summed E-state index contributed by atoms with van der Waals surface area (Å²) >= 11 is 0. The molecule has 4 aromatic rings. The number of hydrogen-bond acceptors (Lipinski definition) is 5. The number of rotatable bonds is 7. The standard InChI is InChI=1S/C29H31FN4O4/c1-18(32-27(35)28(36)33-29(2,3)4)26(19-7-6-8-23(15-19)37-5)38-24-13-14-25-20(16-24)17-31-34(25)22-11-9-21(30)10-12-22/h6-18,26H,1-5H3,(H,32,35)(H,33,36)/t18-,26-/m0/s1. The van der Waals surface area contributed by atoms with Crippen molar-refractivity contribution in [2.24, 2.45) is 0 Å². The van der Waals surface area contributed by atoms with E-state index in [2.05, 4.69) is 15.7 Å². The highest BCUT2D eigenvalue weighted by Crippen LogP contribution is 2.30. The Morgan fingerprint density at radius 1 is 0.974 bits per heavy atom. The number of nitrogens with one attached hydrogen (secondary N) is 2. The van der Waals surface area contributed by atoms with Crippen molar-refractivity contribution in [2.45, 2.75) is 45.4 Å². The van der Waals surface area contributed by atoms with Crippen molar-refractivity contribution in [3.05, 3.63) is 84.3 Å². The van der Waals surface area contributed by atoms with E-state index in [0.29, 0.717) is 11.5 Å². The Bertz CT molecular complexity index is 1440. The van der Waals surface area contributed by atoms with Gasteiger partial charge in [-0.1, -0.05) is 12.1 Å². The van der Waals surface area contributed by atoms with Crippen LogP contribution in [0.2, 0.25) is 0 Å². The van der Waals surface area contributed by atoms with Crippen LogP contribution in [0.1, 0.15) is 39.4 Å². The molecule has 0 aliphatic rings. The van der Waals surface area contributed by atoms with Gasteiger partial charge in [0.25, 0.3) is 0 Å². The summed E-state index contributed by atoms with van der Waals surface area (Å²) in [6, 6.07) is 18.4. The molecule has 0 unspecified atom stereocenters. The molecule has 198 valence electrons. The largest absolute Gasteiger partial charge is 0.497 e. The number of halogens is 1. The van der Waals surface area contributed by atoms with Crippen LogP contribution >= 0.6 is 0 Å². The van der Waals surface area contributed by atoms with Crippen molar-refractivity contribution in [3.63, 3.8) is 0 Å². The van der Waals surface area contributed by atoms with Crippen LogP contribution in [0.5, 0.6) is 11.5 Å². The van der Waals surface area contributed by atoms with Gasteiger partial charge in [-0.05, 0) is 87.9 Å². The van der Waals surface area contributed by atoms with Crippen molar-refractivity contribution in [1.29, 1.82) is 0 Å². The maximum absolute atomic E-state index is 13.4. The first kappa shape index (κ1) is 26.7. The lowest BCUT2D eigenvalue weighted by atomic mass is 10.0. The Labute approximate surface area is 220 Å². The molecule has 0 saturated heterocycles. The van der Waals surface area contributed by atoms with Gasteiger partial charge in [0.05, 0.1) is 30.6 Å². The average Bonchev–Trinajstić information content (AvgIpc) is 3.30. The Balaban J connectivity index is 1.61. The van der Waals surface area contributed by atoms with E-state index < -0.39 is 29.5 Å². The smallest absolute Gasteiger partial charge is 0.309 e. The number of aromatic nitrogens is 2. The van der Waals surface area contributed by atoms with Gasteiger partial charge in [0.15, 0.2) is 0 Å². The molecule has 4 rings (SSSR count). The lowest BCUT2D eigenvalue weighted by Crippen LogP contribution is -2.51. The van der Waals surface area contributed by atoms with Crippen LogP contribution in [0.4, 0.5) is 4.39 Å². The van der Waals surface area contributed by atoms with E-state index in [9.17, 15) is 14.0 Å². The molecule has 8 nitrogen and oxygen atoms in total. The number of carbonyl (C=O) groups excluding carboxylic acids is 2. The second kappa shape index (κ2) is 10.9. The minimum absolute atomic E-state index is 0.318. The van der Waals surface area contributed by atoms with E-state index in [1.165, 1.54) is 12.1 Å². The number of benzene rings is 3. The number of nitrogens with zero attached hydrogens (tertiary/aromatic N) is 2. The second-order valence-corrected chi connectivity index (χ2v) is 10.0. The van der Waals surface area contributed by atoms with Crippen LogP contribution in [-0.2, 0) is 9.59 Å². The van der Waals surface area contributed by atoms with Gasteiger partial charge in [0, 0.05) is 10.9 Å². The predicted octanol–water partition coefficient (Wildman–Crippen LogP) is 4.71. The third-order valence-electron chi connectivity index (χ3n) is 5.80. The first-order valence-corrected chi connectivity index (χ1v) is 12.2. The lowest BCUT2D eigenvalue weighted by molar-refractivity contribution is -0.140. The molecule has 0 radical (unpaired) electrons. The van der Waals surface area contributed by atoms with Gasteiger partial charge in [0.2, 0.25) is 0 Å². The van der Waals surface area contributed by atoms with Gasteiger partial charge < -0.3 is 20.1 Å². The summed E-state index contributed by atoms with van der Waals surface area (Å²) in [6.45, 7) is 7.19. The zero-order chi connectivity index (χ0) is 27.4. The van der Waals surface area contributed by atoms with Crippen molar-refractivity contribution >= 4 is 22.7 Å². The molecule has 1 heterocycles. The monoisotopic (exact) mass is 518 g/mol. The zero-order valence-corrected chi connectivity index (χ0v) is 22.0. The van der Waals surface area contributed by atoms with E-state index in [-0.39, 0.29) is 5.82 Å². The molecule has 0 spiro atoms. The minimum atomic E-state index is -0.750. The summed E-state index contributed by atoms with van der Waals surface area (Å²) in [6.07, 6.45) is 1.06. The number of fused-ring (bicyclic) bond motifs is 1. The highest BCUT2D eigenvalue weighted by molar-refractivity contribution is 6.35. The summed E-state index contributed by atoms with van der Waals surface area (Å²) in [4.78, 5) is 25.0. The maximum Gasteiger partial charge on any atom is 0.309 e. The van der Waals surface area contributed by atoms with Crippen LogP contribution in [0.3, 0.4) is 0 Å². The third-order valence-corrected chi connectivity index (χ3v) is 5.80. The molecule has 0 saturated carbocycles. The van der Waals surface area contributed by atoms with Crippen molar-refractivity contribution in [1.82, 2.24) is 20.4 Å². The fourth-order valence-electron chi connectivity index (χ4n) is 4.04. The summed E-state index contributed by atoms with van der Waals surface area (Å²) < 4.78 is 26.9. The average molecular weight is 519 g/mol. The number of ether oxygens (including phenoxy) is 2. The van der Waals surface area contributed by atoms with Crippen LogP contribution in [0, 0.1) is 5.82 Å². The third kappa shape index (κ3) is 6.29. The molecule has 9 heteroatoms. The highest BCUT2D eigenvalue weighted by Gasteiger charge is 2.28. The van der Waals surface area contributed by atoms with Gasteiger partial charge >= 0.3 is 11.8 Å². The van der Waals surface area contributed by atoms with Gasteiger partial charge in [-0.25, -0.2) is 9.07 Å². The van der Waals surface area contributed by atoms with Crippen LogP contribution in [0.25, 0.3) is 16.6 Å². The first-order valence-electron chi connectivity index (χ1n) is 12.2. The molecule has 2 N–H and O–H groups in total. The van der Waals surface area contributed by atoms with Crippen LogP contribution in [0.15, 0.2) is 72.9 Å². The number of carbonyl (C=O) groups is 2. The van der Waals surface area contributed by atoms with Gasteiger partial charge in [-0.15, -0.1) is 0 Å². The second-order valence-electron chi connectivity index (χ2n) is 10.0. The fraction of sp³-hybridized carbons (Fsp3) is 0.276. The van der Waals surface area contributed by atoms with E-state index in [1.807, 2.05) is 36.4 Å².